The summed E-state index contributed by atoms with van der Waals surface area (Å²) in [6.07, 6.45) is 0. The van der Waals surface area contributed by atoms with Crippen LogP contribution in [-0.2, 0) is 0 Å². The number of fused-ring (bicyclic) bond motifs is 3. The van der Waals surface area contributed by atoms with Crippen molar-refractivity contribution in [2.75, 3.05) is 0 Å². The van der Waals surface area contributed by atoms with Gasteiger partial charge in [0.2, 0.25) is 0 Å². The number of allylic oxidation sites excluding steroid dienone is 1. The summed E-state index contributed by atoms with van der Waals surface area (Å²) >= 11 is 0. The van der Waals surface area contributed by atoms with E-state index in [9.17, 15) is 4.79 Å². The molecule has 0 saturated carbocycles. The van der Waals surface area contributed by atoms with Crippen molar-refractivity contribution in [2.45, 2.75) is 6.92 Å². The van der Waals surface area contributed by atoms with Crippen molar-refractivity contribution < 1.29 is 8.94 Å². The summed E-state index contributed by atoms with van der Waals surface area (Å²) in [5, 5.41) is 4.02. The van der Waals surface area contributed by atoms with Crippen molar-refractivity contribution in [3.8, 4) is 5.75 Å². The van der Waals surface area contributed by atoms with Gasteiger partial charge in [0.15, 0.2) is 0 Å². The Morgan fingerprint density at radius 2 is 1.09 bits per heavy atom. The Morgan fingerprint density at radius 3 is 1.62 bits per heavy atom. The van der Waals surface area contributed by atoms with Crippen LogP contribution in [0.5, 0.6) is 5.75 Å². The van der Waals surface area contributed by atoms with Gasteiger partial charge in [-0.05, 0) is 0 Å². The molecule has 4 heteroatoms. The van der Waals surface area contributed by atoms with E-state index in [1.54, 1.807) is 0 Å². The standard InChI is InChI=1S/C30H23O3P/c1-22-21-34(23-13-5-2-6-14-23,24-15-7-3-8-16-24,25-17-9-4-10-18-25)33-29-26-19-11-12-20-27(26)32-30(31)28(22)29/h2-21H,1H3. The molecule has 34 heavy (non-hydrogen) atoms. The number of benzene rings is 4. The van der Waals surface area contributed by atoms with Crippen LogP contribution in [0, 0.1) is 0 Å². The van der Waals surface area contributed by atoms with Crippen LogP contribution in [0.15, 0.2) is 130 Å². The van der Waals surface area contributed by atoms with E-state index in [0.29, 0.717) is 16.9 Å². The van der Waals surface area contributed by atoms with Gasteiger partial charge in [0.1, 0.15) is 0 Å². The van der Waals surface area contributed by atoms with Gasteiger partial charge in [-0.15, -0.1) is 0 Å². The van der Waals surface area contributed by atoms with E-state index in [1.807, 2.05) is 49.4 Å². The molecule has 4 aromatic carbocycles. The first-order chi connectivity index (χ1) is 16.6. The summed E-state index contributed by atoms with van der Waals surface area (Å²) < 4.78 is 13.1. The van der Waals surface area contributed by atoms with Crippen molar-refractivity contribution in [3.05, 3.63) is 137 Å². The Bertz CT molecular complexity index is 1500. The van der Waals surface area contributed by atoms with Crippen molar-refractivity contribution >= 4 is 39.3 Å². The van der Waals surface area contributed by atoms with Gasteiger partial charge in [0.05, 0.1) is 0 Å². The van der Waals surface area contributed by atoms with Crippen molar-refractivity contribution in [2.24, 2.45) is 0 Å². The van der Waals surface area contributed by atoms with Crippen LogP contribution >= 0.6 is 6.83 Å². The molecule has 3 nitrogen and oxygen atoms in total. The normalized spacial score (nSPS) is 17.0. The average Bonchev–Trinajstić information content (AvgIpc) is 2.90. The minimum atomic E-state index is -3.68. The molecule has 0 bridgehead atoms. The van der Waals surface area contributed by atoms with Crippen LogP contribution < -0.4 is 26.1 Å². The molecular formula is C30H23O3P. The monoisotopic (exact) mass is 462 g/mol. The maximum atomic E-state index is 13.1. The Labute approximate surface area is 198 Å². The summed E-state index contributed by atoms with van der Waals surface area (Å²) in [6, 6.07) is 38.8. The van der Waals surface area contributed by atoms with E-state index < -0.39 is 6.83 Å². The molecule has 5 aromatic rings. The molecule has 0 N–H and O–H groups in total. The summed E-state index contributed by atoms with van der Waals surface area (Å²) in [7, 11) is 0. The number of hydrogen-bond acceptors (Lipinski definition) is 3. The molecule has 1 aliphatic rings. The van der Waals surface area contributed by atoms with Crippen molar-refractivity contribution in [1.29, 1.82) is 0 Å². The average molecular weight is 462 g/mol. The maximum absolute atomic E-state index is 13.1. The first kappa shape index (κ1) is 20.7. The molecule has 166 valence electrons. The molecule has 0 saturated heterocycles. The van der Waals surface area contributed by atoms with Gasteiger partial charge < -0.3 is 0 Å². The fourth-order valence-electron chi connectivity index (χ4n) is 5.21. The summed E-state index contributed by atoms with van der Waals surface area (Å²) in [5.74, 6) is 2.79. The third kappa shape index (κ3) is 2.71. The number of para-hydroxylation sites is 1. The second kappa shape index (κ2) is 7.55. The first-order valence-electron chi connectivity index (χ1n) is 11.3. The van der Waals surface area contributed by atoms with Crippen LogP contribution in [0.1, 0.15) is 12.5 Å². The third-order valence-corrected chi connectivity index (χ3v) is 12.1. The van der Waals surface area contributed by atoms with Gasteiger partial charge in [-0.25, -0.2) is 0 Å². The van der Waals surface area contributed by atoms with Gasteiger partial charge in [0.25, 0.3) is 0 Å². The zero-order valence-corrected chi connectivity index (χ0v) is 19.6. The van der Waals surface area contributed by atoms with Gasteiger partial charge in [-0.1, -0.05) is 0 Å². The second-order valence-corrected chi connectivity index (χ2v) is 12.8. The predicted octanol–water partition coefficient (Wildman–Crippen LogP) is 5.99. The van der Waals surface area contributed by atoms with Crippen LogP contribution in [-0.4, -0.2) is 0 Å². The Morgan fingerprint density at radius 1 is 0.618 bits per heavy atom. The molecule has 1 aliphatic heterocycles. The van der Waals surface area contributed by atoms with Crippen LogP contribution in [0.2, 0.25) is 0 Å². The second-order valence-electron chi connectivity index (χ2n) is 8.60. The minimum absolute atomic E-state index is 0.382. The molecule has 0 fully saturated rings. The van der Waals surface area contributed by atoms with E-state index in [0.717, 1.165) is 26.9 Å². The van der Waals surface area contributed by atoms with Gasteiger partial charge in [0, 0.05) is 0 Å². The molecule has 0 amide bonds. The van der Waals surface area contributed by atoms with Crippen molar-refractivity contribution in [1.82, 2.24) is 0 Å². The molecule has 0 radical (unpaired) electrons. The number of rotatable bonds is 3. The van der Waals surface area contributed by atoms with Crippen molar-refractivity contribution in [3.63, 3.8) is 0 Å². The molecule has 1 aromatic heterocycles. The topological polar surface area (TPSA) is 39.4 Å². The molecule has 0 unspecified atom stereocenters. The Hall–Kier alpha value is -3.94. The van der Waals surface area contributed by atoms with Crippen LogP contribution in [0.3, 0.4) is 0 Å². The third-order valence-electron chi connectivity index (χ3n) is 6.69. The first-order valence-corrected chi connectivity index (χ1v) is 13.5. The number of hydrogen-bond donors (Lipinski definition) is 0. The summed E-state index contributed by atoms with van der Waals surface area (Å²) in [5.41, 5.74) is 1.48. The molecule has 6 rings (SSSR count). The van der Waals surface area contributed by atoms with E-state index in [4.69, 9.17) is 8.94 Å². The van der Waals surface area contributed by atoms with E-state index in [-0.39, 0.29) is 5.63 Å². The molecule has 0 aliphatic carbocycles. The zero-order valence-electron chi connectivity index (χ0n) is 18.7. The van der Waals surface area contributed by atoms with Gasteiger partial charge >= 0.3 is 198 Å². The molecule has 0 spiro atoms. The van der Waals surface area contributed by atoms with Crippen LogP contribution in [0.25, 0.3) is 16.5 Å². The predicted molar refractivity (Wildman–Crippen MR) is 142 cm³/mol. The van der Waals surface area contributed by atoms with E-state index >= 15 is 0 Å². The quantitative estimate of drug-likeness (QED) is 0.244. The van der Waals surface area contributed by atoms with E-state index in [1.165, 1.54) is 0 Å². The van der Waals surface area contributed by atoms with E-state index in [2.05, 4.69) is 78.6 Å². The van der Waals surface area contributed by atoms with Gasteiger partial charge in [-0.3, -0.25) is 0 Å². The molecule has 2 heterocycles. The fraction of sp³-hybridized carbons (Fsp3) is 0.0333. The SMILES string of the molecule is CC1=CP(c2ccccc2)(c2ccccc2)(c2ccccc2)Oc2c1c(=O)oc1ccccc21. The molecule has 0 atom stereocenters. The Kier molecular flexibility index (Phi) is 4.58. The van der Waals surface area contributed by atoms with Gasteiger partial charge in [-0.2, -0.15) is 0 Å². The summed E-state index contributed by atoms with van der Waals surface area (Å²) in [6.45, 7) is -1.69. The zero-order chi connectivity index (χ0) is 23.2. The van der Waals surface area contributed by atoms with Crippen LogP contribution in [0.4, 0.5) is 0 Å². The Balaban J connectivity index is 1.86. The summed E-state index contributed by atoms with van der Waals surface area (Å²) in [4.78, 5) is 13.1. The molecular weight excluding hydrogens is 439 g/mol. The fourth-order valence-corrected chi connectivity index (χ4v) is 10.6.